The van der Waals surface area contributed by atoms with E-state index in [4.69, 9.17) is 0 Å². The van der Waals surface area contributed by atoms with E-state index < -0.39 is 0 Å². The zero-order valence-electron chi connectivity index (χ0n) is 15.9. The van der Waals surface area contributed by atoms with Gasteiger partial charge in [-0.25, -0.2) is 4.79 Å². The quantitative estimate of drug-likeness (QED) is 0.768. The molecular formula is C21H28BrN3O2. The molecule has 1 saturated heterocycles. The SMILES string of the molecule is CC(=O)N1CCN(C(=O)N[C@@H]2C[C@H]2c2ccc(Br)cc2)CC12CCCCC2. The molecule has 27 heavy (non-hydrogen) atoms. The van der Waals surface area contributed by atoms with Gasteiger partial charge in [-0.05, 0) is 37.0 Å². The molecule has 5 nitrogen and oxygen atoms in total. The molecule has 3 fully saturated rings. The molecule has 1 heterocycles. The Morgan fingerprint density at radius 3 is 2.48 bits per heavy atom. The van der Waals surface area contributed by atoms with Crippen LogP contribution in [0.5, 0.6) is 0 Å². The molecule has 1 aromatic carbocycles. The third-order valence-corrected chi connectivity index (χ3v) is 7.03. The maximum absolute atomic E-state index is 12.9. The van der Waals surface area contributed by atoms with Crippen LogP contribution in [0.3, 0.4) is 0 Å². The lowest BCUT2D eigenvalue weighted by atomic mass is 9.78. The molecule has 6 heteroatoms. The van der Waals surface area contributed by atoms with Crippen LogP contribution in [-0.2, 0) is 4.79 Å². The van der Waals surface area contributed by atoms with Gasteiger partial charge in [0.05, 0.1) is 5.54 Å². The number of nitrogens with zero attached hydrogens (tertiary/aromatic N) is 2. The molecule has 2 aliphatic carbocycles. The number of rotatable bonds is 2. The van der Waals surface area contributed by atoms with Gasteiger partial charge in [0.25, 0.3) is 0 Å². The number of amides is 3. The molecule has 3 aliphatic rings. The minimum absolute atomic E-state index is 0.0350. The van der Waals surface area contributed by atoms with E-state index in [1.54, 1.807) is 6.92 Å². The number of halogens is 1. The summed E-state index contributed by atoms with van der Waals surface area (Å²) < 4.78 is 1.08. The molecule has 4 rings (SSSR count). The van der Waals surface area contributed by atoms with Gasteiger partial charge >= 0.3 is 6.03 Å². The number of carbonyl (C=O) groups excluding carboxylic acids is 2. The number of hydrogen-bond acceptors (Lipinski definition) is 2. The van der Waals surface area contributed by atoms with E-state index in [-0.39, 0.29) is 23.5 Å². The van der Waals surface area contributed by atoms with Gasteiger partial charge in [0.1, 0.15) is 0 Å². The summed E-state index contributed by atoms with van der Waals surface area (Å²) >= 11 is 3.47. The van der Waals surface area contributed by atoms with Crippen LogP contribution < -0.4 is 5.32 Å². The average molecular weight is 434 g/mol. The second-order valence-electron chi connectivity index (χ2n) is 8.33. The number of urea groups is 1. The highest BCUT2D eigenvalue weighted by atomic mass is 79.9. The van der Waals surface area contributed by atoms with E-state index in [0.29, 0.717) is 25.6 Å². The zero-order chi connectivity index (χ0) is 19.0. The summed E-state index contributed by atoms with van der Waals surface area (Å²) in [6.07, 6.45) is 6.56. The van der Waals surface area contributed by atoms with Crippen molar-refractivity contribution in [3.05, 3.63) is 34.3 Å². The molecular weight excluding hydrogens is 406 g/mol. The Labute approximate surface area is 169 Å². The second kappa shape index (κ2) is 7.46. The van der Waals surface area contributed by atoms with Crippen LogP contribution in [0.1, 0.15) is 56.9 Å². The number of benzene rings is 1. The number of piperazine rings is 1. The van der Waals surface area contributed by atoms with Gasteiger partial charge in [-0.15, -0.1) is 0 Å². The molecule has 1 aliphatic heterocycles. The Hall–Kier alpha value is -1.56. The molecule has 2 saturated carbocycles. The molecule has 1 spiro atoms. The summed E-state index contributed by atoms with van der Waals surface area (Å²) in [5, 5.41) is 3.22. The van der Waals surface area contributed by atoms with Gasteiger partial charge in [-0.2, -0.15) is 0 Å². The minimum atomic E-state index is -0.145. The summed E-state index contributed by atoms with van der Waals surface area (Å²) in [4.78, 5) is 29.0. The smallest absolute Gasteiger partial charge is 0.317 e. The molecule has 0 bridgehead atoms. The number of carbonyl (C=O) groups is 2. The van der Waals surface area contributed by atoms with Crippen molar-refractivity contribution in [1.29, 1.82) is 0 Å². The van der Waals surface area contributed by atoms with Crippen molar-refractivity contribution in [3.63, 3.8) is 0 Å². The van der Waals surface area contributed by atoms with Gasteiger partial charge in [-0.3, -0.25) is 4.79 Å². The summed E-state index contributed by atoms with van der Waals surface area (Å²) in [6, 6.07) is 8.63. The zero-order valence-corrected chi connectivity index (χ0v) is 17.5. The minimum Gasteiger partial charge on any atom is -0.335 e. The summed E-state index contributed by atoms with van der Waals surface area (Å²) in [7, 11) is 0. The highest BCUT2D eigenvalue weighted by Gasteiger charge is 2.46. The van der Waals surface area contributed by atoms with Gasteiger partial charge < -0.3 is 15.1 Å². The van der Waals surface area contributed by atoms with Crippen molar-refractivity contribution >= 4 is 27.9 Å². The predicted molar refractivity (Wildman–Crippen MR) is 109 cm³/mol. The lowest BCUT2D eigenvalue weighted by molar-refractivity contribution is -0.141. The van der Waals surface area contributed by atoms with Crippen LogP contribution in [-0.4, -0.2) is 53.0 Å². The molecule has 3 amide bonds. The van der Waals surface area contributed by atoms with Crippen molar-refractivity contribution in [3.8, 4) is 0 Å². The molecule has 1 aromatic rings. The maximum atomic E-state index is 12.9. The molecule has 2 atom stereocenters. The van der Waals surface area contributed by atoms with E-state index in [1.807, 2.05) is 9.80 Å². The highest BCUT2D eigenvalue weighted by molar-refractivity contribution is 9.10. The fourth-order valence-electron chi connectivity index (χ4n) is 4.96. The molecule has 1 N–H and O–H groups in total. The van der Waals surface area contributed by atoms with E-state index in [1.165, 1.54) is 12.0 Å². The van der Waals surface area contributed by atoms with Gasteiger partial charge in [-0.1, -0.05) is 47.3 Å². The monoisotopic (exact) mass is 433 g/mol. The lowest BCUT2D eigenvalue weighted by Crippen LogP contribution is -2.66. The van der Waals surface area contributed by atoms with E-state index >= 15 is 0 Å². The largest absolute Gasteiger partial charge is 0.335 e. The first kappa shape index (κ1) is 18.8. The van der Waals surface area contributed by atoms with Crippen LogP contribution in [0, 0.1) is 0 Å². The van der Waals surface area contributed by atoms with Crippen LogP contribution in [0.25, 0.3) is 0 Å². The predicted octanol–water partition coefficient (Wildman–Crippen LogP) is 3.88. The van der Waals surface area contributed by atoms with E-state index in [0.717, 1.165) is 36.6 Å². The summed E-state index contributed by atoms with van der Waals surface area (Å²) in [6.45, 7) is 3.62. The van der Waals surface area contributed by atoms with E-state index in [2.05, 4.69) is 45.5 Å². The van der Waals surface area contributed by atoms with Crippen LogP contribution in [0.15, 0.2) is 28.7 Å². The Morgan fingerprint density at radius 2 is 1.81 bits per heavy atom. The Bertz CT molecular complexity index is 715. The van der Waals surface area contributed by atoms with Crippen LogP contribution >= 0.6 is 15.9 Å². The van der Waals surface area contributed by atoms with Crippen molar-refractivity contribution in [2.45, 2.75) is 62.9 Å². The normalized spacial score (nSPS) is 26.7. The number of hydrogen-bond donors (Lipinski definition) is 1. The molecule has 0 radical (unpaired) electrons. The Morgan fingerprint density at radius 1 is 1.11 bits per heavy atom. The third-order valence-electron chi connectivity index (χ3n) is 6.50. The van der Waals surface area contributed by atoms with E-state index in [9.17, 15) is 9.59 Å². The topological polar surface area (TPSA) is 52.7 Å². The third kappa shape index (κ3) is 3.86. The first-order valence-electron chi connectivity index (χ1n) is 10.1. The Balaban J connectivity index is 1.38. The summed E-state index contributed by atoms with van der Waals surface area (Å²) in [5.41, 5.74) is 1.14. The highest BCUT2D eigenvalue weighted by Crippen LogP contribution is 2.41. The molecule has 0 unspecified atom stereocenters. The Kier molecular flexibility index (Phi) is 5.19. The fourth-order valence-corrected chi connectivity index (χ4v) is 5.23. The van der Waals surface area contributed by atoms with Gasteiger partial charge in [0, 0.05) is 43.0 Å². The van der Waals surface area contributed by atoms with Gasteiger partial charge in [0.15, 0.2) is 0 Å². The second-order valence-corrected chi connectivity index (χ2v) is 9.24. The first-order chi connectivity index (χ1) is 13.0. The maximum Gasteiger partial charge on any atom is 0.317 e. The molecule has 146 valence electrons. The van der Waals surface area contributed by atoms with Crippen LogP contribution in [0.2, 0.25) is 0 Å². The van der Waals surface area contributed by atoms with Gasteiger partial charge in [0.2, 0.25) is 5.91 Å². The van der Waals surface area contributed by atoms with Crippen molar-refractivity contribution in [1.82, 2.24) is 15.1 Å². The molecule has 0 aromatic heterocycles. The van der Waals surface area contributed by atoms with Crippen molar-refractivity contribution in [2.75, 3.05) is 19.6 Å². The fraction of sp³-hybridized carbons (Fsp3) is 0.619. The van der Waals surface area contributed by atoms with Crippen molar-refractivity contribution < 1.29 is 9.59 Å². The average Bonchev–Trinajstić information content (AvgIpc) is 3.41. The lowest BCUT2D eigenvalue weighted by Gasteiger charge is -2.52. The van der Waals surface area contributed by atoms with Crippen molar-refractivity contribution in [2.24, 2.45) is 0 Å². The summed E-state index contributed by atoms with van der Waals surface area (Å²) in [5.74, 6) is 0.568. The first-order valence-corrected chi connectivity index (χ1v) is 10.9. The number of nitrogens with one attached hydrogen (secondary N) is 1. The standard InChI is InChI=1S/C21H28BrN3O2/c1-15(26)25-12-11-24(14-21(25)9-3-2-4-10-21)20(27)23-19-13-18(19)16-5-7-17(22)8-6-16/h5-8,18-19H,2-4,9-14H2,1H3,(H,23,27)/t18-,19+/m0/s1. The van der Waals surface area contributed by atoms with Crippen LogP contribution in [0.4, 0.5) is 4.79 Å².